The van der Waals surface area contributed by atoms with Gasteiger partial charge < -0.3 is 14.6 Å². The van der Waals surface area contributed by atoms with Crippen LogP contribution in [0.3, 0.4) is 0 Å². The van der Waals surface area contributed by atoms with Crippen molar-refractivity contribution in [3.63, 3.8) is 0 Å². The van der Waals surface area contributed by atoms with Crippen molar-refractivity contribution in [3.8, 4) is 0 Å². The Bertz CT molecular complexity index is 1140. The summed E-state index contributed by atoms with van der Waals surface area (Å²) in [4.78, 5) is 48.5. The second-order valence-corrected chi connectivity index (χ2v) is 7.67. The molecule has 3 rings (SSSR count). The summed E-state index contributed by atoms with van der Waals surface area (Å²) in [7, 11) is 0. The minimum Gasteiger partial charge on any atom is -0.481 e. The predicted molar refractivity (Wildman–Crippen MR) is 123 cm³/mol. The molecule has 0 aliphatic rings. The van der Waals surface area contributed by atoms with Gasteiger partial charge in [0.1, 0.15) is 6.61 Å². The molecule has 174 valence electrons. The molecular formula is C27H24O7. The molecule has 0 amide bonds. The first-order valence-corrected chi connectivity index (χ1v) is 10.7. The number of benzene rings is 3. The summed E-state index contributed by atoms with van der Waals surface area (Å²) in [5.74, 6) is -4.07. The summed E-state index contributed by atoms with van der Waals surface area (Å²) in [5, 5.41) is 9.06. The molecule has 0 heterocycles. The molecule has 0 aliphatic heterocycles. The van der Waals surface area contributed by atoms with E-state index in [1.54, 1.807) is 42.5 Å². The van der Waals surface area contributed by atoms with Crippen LogP contribution in [-0.4, -0.2) is 29.0 Å². The number of aliphatic carboxylic acids is 1. The fourth-order valence-electron chi connectivity index (χ4n) is 3.33. The molecule has 0 spiro atoms. The first-order valence-electron chi connectivity index (χ1n) is 10.7. The number of hydrogen-bond acceptors (Lipinski definition) is 6. The molecule has 0 saturated carbocycles. The number of carbonyl (C=O) groups excluding carboxylic acids is 3. The van der Waals surface area contributed by atoms with Crippen molar-refractivity contribution in [3.05, 3.63) is 107 Å². The van der Waals surface area contributed by atoms with Gasteiger partial charge in [0.05, 0.1) is 17.0 Å². The summed E-state index contributed by atoms with van der Waals surface area (Å²) in [5.41, 5.74) is 2.00. The lowest BCUT2D eigenvalue weighted by Crippen LogP contribution is -2.24. The molecule has 7 nitrogen and oxygen atoms in total. The van der Waals surface area contributed by atoms with Crippen LogP contribution < -0.4 is 0 Å². The van der Waals surface area contributed by atoms with E-state index in [-0.39, 0.29) is 31.4 Å². The van der Waals surface area contributed by atoms with E-state index in [0.717, 1.165) is 5.56 Å². The molecule has 1 N–H and O–H groups in total. The van der Waals surface area contributed by atoms with E-state index in [1.165, 1.54) is 12.1 Å². The molecule has 1 atom stereocenters. The third-order valence-electron chi connectivity index (χ3n) is 5.10. The lowest BCUT2D eigenvalue weighted by molar-refractivity contribution is -0.143. The molecule has 0 saturated heterocycles. The van der Waals surface area contributed by atoms with E-state index < -0.39 is 29.8 Å². The predicted octanol–water partition coefficient (Wildman–Crippen LogP) is 4.45. The van der Waals surface area contributed by atoms with Crippen molar-refractivity contribution in [1.29, 1.82) is 0 Å². The maximum Gasteiger partial charge on any atom is 0.345 e. The quantitative estimate of drug-likeness (QED) is 0.352. The number of rotatable bonds is 10. The Labute approximate surface area is 196 Å². The van der Waals surface area contributed by atoms with Gasteiger partial charge in [-0.05, 0) is 48.2 Å². The van der Waals surface area contributed by atoms with Crippen LogP contribution in [-0.2, 0) is 32.1 Å². The average Bonchev–Trinajstić information content (AvgIpc) is 2.86. The van der Waals surface area contributed by atoms with Gasteiger partial charge in [-0.25, -0.2) is 9.59 Å². The minimum absolute atomic E-state index is 0.0150. The van der Waals surface area contributed by atoms with Crippen LogP contribution in [0.4, 0.5) is 0 Å². The smallest absolute Gasteiger partial charge is 0.345 e. The maximum absolute atomic E-state index is 12.7. The van der Waals surface area contributed by atoms with Crippen molar-refractivity contribution in [2.45, 2.75) is 25.9 Å². The number of carboxylic acid groups (broad SMARTS) is 1. The lowest BCUT2D eigenvalue weighted by Gasteiger charge is -2.15. The third-order valence-corrected chi connectivity index (χ3v) is 5.10. The van der Waals surface area contributed by atoms with Crippen molar-refractivity contribution in [2.75, 3.05) is 0 Å². The Morgan fingerprint density at radius 1 is 0.735 bits per heavy atom. The van der Waals surface area contributed by atoms with Crippen LogP contribution in [0.15, 0.2) is 84.9 Å². The van der Waals surface area contributed by atoms with Crippen LogP contribution in [0.1, 0.15) is 44.7 Å². The van der Waals surface area contributed by atoms with Crippen LogP contribution in [0.25, 0.3) is 0 Å². The van der Waals surface area contributed by atoms with Crippen LogP contribution in [0, 0.1) is 5.92 Å². The maximum atomic E-state index is 12.7. The molecule has 1 unspecified atom stereocenters. The van der Waals surface area contributed by atoms with Gasteiger partial charge in [0, 0.05) is 6.42 Å². The van der Waals surface area contributed by atoms with E-state index >= 15 is 0 Å². The molecular weight excluding hydrogens is 436 g/mol. The number of esters is 3. The Hall–Kier alpha value is -4.26. The fraction of sp³-hybridized carbons (Fsp3) is 0.185. The van der Waals surface area contributed by atoms with Gasteiger partial charge >= 0.3 is 23.9 Å². The molecule has 34 heavy (non-hydrogen) atoms. The molecule has 0 bridgehead atoms. The van der Waals surface area contributed by atoms with Gasteiger partial charge in [0.2, 0.25) is 0 Å². The van der Waals surface area contributed by atoms with E-state index in [9.17, 15) is 19.2 Å². The van der Waals surface area contributed by atoms with E-state index in [4.69, 9.17) is 14.6 Å². The first kappa shape index (κ1) is 24.4. The average molecular weight is 460 g/mol. The van der Waals surface area contributed by atoms with Crippen molar-refractivity contribution in [2.24, 2.45) is 5.92 Å². The second kappa shape index (κ2) is 12.1. The van der Waals surface area contributed by atoms with Gasteiger partial charge in [-0.15, -0.1) is 0 Å². The van der Waals surface area contributed by atoms with Gasteiger partial charge in [-0.1, -0.05) is 60.7 Å². The van der Waals surface area contributed by atoms with Gasteiger partial charge in [-0.3, -0.25) is 9.59 Å². The molecule has 0 aliphatic carbocycles. The van der Waals surface area contributed by atoms with Crippen molar-refractivity contribution in [1.82, 2.24) is 0 Å². The number of hydrogen-bond donors (Lipinski definition) is 1. The van der Waals surface area contributed by atoms with Crippen LogP contribution in [0.2, 0.25) is 0 Å². The highest BCUT2D eigenvalue weighted by atomic mass is 16.6. The monoisotopic (exact) mass is 460 g/mol. The molecule has 0 radical (unpaired) electrons. The summed E-state index contributed by atoms with van der Waals surface area (Å²) < 4.78 is 10.4. The molecule has 0 aromatic heterocycles. The summed E-state index contributed by atoms with van der Waals surface area (Å²) in [6.07, 6.45) is -0.176. The molecule has 3 aromatic rings. The first-order chi connectivity index (χ1) is 16.4. The zero-order chi connectivity index (χ0) is 24.3. The standard InChI is InChI=1S/C27H24O7/c28-24(29)15-14-23(27(32)34-26(31)21-11-5-2-6-12-21)17-20-10-7-13-22(16-20)25(30)33-18-19-8-3-1-4-9-19/h1-13,16,23H,14-15,17-18H2,(H,28,29). The molecule has 7 heteroatoms. The summed E-state index contributed by atoms with van der Waals surface area (Å²) in [6.45, 7) is 0.124. The van der Waals surface area contributed by atoms with E-state index in [1.807, 2.05) is 30.3 Å². The minimum atomic E-state index is -1.06. The highest BCUT2D eigenvalue weighted by Crippen LogP contribution is 2.19. The van der Waals surface area contributed by atoms with Gasteiger partial charge in [-0.2, -0.15) is 0 Å². The van der Waals surface area contributed by atoms with Crippen LogP contribution >= 0.6 is 0 Å². The fourth-order valence-corrected chi connectivity index (χ4v) is 3.33. The Kier molecular flexibility index (Phi) is 8.68. The van der Waals surface area contributed by atoms with Crippen molar-refractivity contribution >= 4 is 23.9 Å². The number of ether oxygens (including phenoxy) is 2. The topological polar surface area (TPSA) is 107 Å². The third kappa shape index (κ3) is 7.41. The Morgan fingerprint density at radius 2 is 1.35 bits per heavy atom. The Morgan fingerprint density at radius 3 is 2.03 bits per heavy atom. The second-order valence-electron chi connectivity index (χ2n) is 7.67. The van der Waals surface area contributed by atoms with E-state index in [0.29, 0.717) is 11.1 Å². The van der Waals surface area contributed by atoms with Crippen LogP contribution in [0.5, 0.6) is 0 Å². The zero-order valence-electron chi connectivity index (χ0n) is 18.4. The van der Waals surface area contributed by atoms with Gasteiger partial charge in [0.15, 0.2) is 0 Å². The lowest BCUT2D eigenvalue weighted by atomic mass is 9.94. The highest BCUT2D eigenvalue weighted by molar-refractivity contribution is 5.97. The zero-order valence-corrected chi connectivity index (χ0v) is 18.4. The number of carbonyl (C=O) groups is 4. The normalized spacial score (nSPS) is 11.3. The largest absolute Gasteiger partial charge is 0.481 e. The van der Waals surface area contributed by atoms with Crippen molar-refractivity contribution < 1.29 is 33.8 Å². The van der Waals surface area contributed by atoms with Gasteiger partial charge in [0.25, 0.3) is 0 Å². The number of carboxylic acids is 1. The molecule has 0 fully saturated rings. The highest BCUT2D eigenvalue weighted by Gasteiger charge is 2.25. The summed E-state index contributed by atoms with van der Waals surface area (Å²) in [6, 6.07) is 23.9. The summed E-state index contributed by atoms with van der Waals surface area (Å²) >= 11 is 0. The molecule has 3 aromatic carbocycles. The van der Waals surface area contributed by atoms with E-state index in [2.05, 4.69) is 0 Å². The SMILES string of the molecule is O=C(O)CCC(Cc1cccc(C(=O)OCc2ccccc2)c1)C(=O)OC(=O)c1ccccc1. The Balaban J connectivity index is 1.67.